The summed E-state index contributed by atoms with van der Waals surface area (Å²) in [4.78, 5) is 0. The fraction of sp³-hybridized carbons (Fsp3) is 0.400. The van der Waals surface area contributed by atoms with E-state index >= 15 is 0 Å². The lowest BCUT2D eigenvalue weighted by Crippen LogP contribution is -2.01. The number of rotatable bonds is 3. The van der Waals surface area contributed by atoms with E-state index in [-0.39, 0.29) is 5.92 Å². The van der Waals surface area contributed by atoms with Gasteiger partial charge in [0, 0.05) is 11.6 Å². The van der Waals surface area contributed by atoms with E-state index in [1.165, 1.54) is 0 Å². The summed E-state index contributed by atoms with van der Waals surface area (Å²) >= 11 is 0. The first-order valence-electron chi connectivity index (χ1n) is 4.38. The molecule has 0 aromatic heterocycles. The van der Waals surface area contributed by atoms with Crippen molar-refractivity contribution in [2.75, 3.05) is 12.3 Å². The van der Waals surface area contributed by atoms with Gasteiger partial charge in [-0.3, -0.25) is 0 Å². The highest BCUT2D eigenvalue weighted by atomic mass is 19.1. The quantitative estimate of drug-likeness (QED) is 0.724. The minimum atomic E-state index is -0.645. The summed E-state index contributed by atoms with van der Waals surface area (Å²) in [6.45, 7) is 0.477. The maximum absolute atomic E-state index is 12.4. The standard InChI is InChI=1S/C10H12FNO/c11-10-5-7(10)6-13-9-3-1-8(12)2-4-9/h1-4,7,10H,5-6,12H2/t7-,10-/m1/s1. The molecule has 0 bridgehead atoms. The van der Waals surface area contributed by atoms with Gasteiger partial charge in [0.15, 0.2) is 0 Å². The first kappa shape index (κ1) is 8.35. The lowest BCUT2D eigenvalue weighted by atomic mass is 10.3. The van der Waals surface area contributed by atoms with E-state index in [2.05, 4.69) is 0 Å². The summed E-state index contributed by atoms with van der Waals surface area (Å²) in [7, 11) is 0. The summed E-state index contributed by atoms with van der Waals surface area (Å²) in [5.74, 6) is 0.867. The average Bonchev–Trinajstić information content (AvgIpc) is 2.81. The van der Waals surface area contributed by atoms with Gasteiger partial charge in [-0.2, -0.15) is 0 Å². The first-order chi connectivity index (χ1) is 6.25. The van der Waals surface area contributed by atoms with Crippen LogP contribution in [0.25, 0.3) is 0 Å². The van der Waals surface area contributed by atoms with Gasteiger partial charge >= 0.3 is 0 Å². The minimum absolute atomic E-state index is 0.109. The topological polar surface area (TPSA) is 35.2 Å². The molecule has 0 radical (unpaired) electrons. The van der Waals surface area contributed by atoms with Gasteiger partial charge in [-0.1, -0.05) is 0 Å². The second-order valence-electron chi connectivity index (χ2n) is 3.39. The fourth-order valence-electron chi connectivity index (χ4n) is 1.15. The molecular formula is C10H12FNO. The second-order valence-corrected chi connectivity index (χ2v) is 3.39. The zero-order chi connectivity index (χ0) is 9.26. The molecule has 3 heteroatoms. The monoisotopic (exact) mass is 181 g/mol. The minimum Gasteiger partial charge on any atom is -0.493 e. The van der Waals surface area contributed by atoms with Gasteiger partial charge in [0.2, 0.25) is 0 Å². The van der Waals surface area contributed by atoms with Crippen LogP contribution >= 0.6 is 0 Å². The maximum atomic E-state index is 12.4. The molecule has 0 amide bonds. The van der Waals surface area contributed by atoms with Crippen molar-refractivity contribution in [3.8, 4) is 5.75 Å². The van der Waals surface area contributed by atoms with Crippen LogP contribution in [0.15, 0.2) is 24.3 Å². The molecule has 1 aromatic rings. The molecule has 0 aliphatic heterocycles. The van der Waals surface area contributed by atoms with Crippen molar-refractivity contribution < 1.29 is 9.13 Å². The van der Waals surface area contributed by atoms with Gasteiger partial charge in [-0.05, 0) is 30.7 Å². The van der Waals surface area contributed by atoms with Crippen LogP contribution < -0.4 is 10.5 Å². The number of anilines is 1. The molecule has 1 aliphatic carbocycles. The number of ether oxygens (including phenoxy) is 1. The number of hydrogen-bond acceptors (Lipinski definition) is 2. The van der Waals surface area contributed by atoms with E-state index in [0.717, 1.165) is 5.75 Å². The maximum Gasteiger partial charge on any atom is 0.119 e. The van der Waals surface area contributed by atoms with Gasteiger partial charge in [0.1, 0.15) is 11.9 Å². The summed E-state index contributed by atoms with van der Waals surface area (Å²) in [5, 5.41) is 0. The normalized spacial score (nSPS) is 25.6. The molecule has 1 saturated carbocycles. The van der Waals surface area contributed by atoms with Crippen LogP contribution in [0.5, 0.6) is 5.75 Å². The van der Waals surface area contributed by atoms with Crippen LogP contribution in [-0.4, -0.2) is 12.8 Å². The molecule has 1 fully saturated rings. The summed E-state index contributed by atoms with van der Waals surface area (Å²) < 4.78 is 17.8. The zero-order valence-corrected chi connectivity index (χ0v) is 7.24. The molecule has 0 spiro atoms. The number of nitrogen functional groups attached to an aromatic ring is 1. The third-order valence-corrected chi connectivity index (χ3v) is 2.18. The van der Waals surface area contributed by atoms with Crippen LogP contribution in [0, 0.1) is 5.92 Å². The van der Waals surface area contributed by atoms with E-state index in [4.69, 9.17) is 10.5 Å². The summed E-state index contributed by atoms with van der Waals surface area (Å²) in [5.41, 5.74) is 6.21. The molecule has 0 unspecified atom stereocenters. The number of hydrogen-bond donors (Lipinski definition) is 1. The van der Waals surface area contributed by atoms with Crippen molar-refractivity contribution in [2.45, 2.75) is 12.6 Å². The molecule has 2 rings (SSSR count). The lowest BCUT2D eigenvalue weighted by Gasteiger charge is -2.04. The van der Waals surface area contributed by atoms with E-state index < -0.39 is 6.17 Å². The van der Waals surface area contributed by atoms with Gasteiger partial charge in [-0.15, -0.1) is 0 Å². The average molecular weight is 181 g/mol. The van der Waals surface area contributed by atoms with Crippen molar-refractivity contribution >= 4 is 5.69 Å². The van der Waals surface area contributed by atoms with Crippen LogP contribution in [0.2, 0.25) is 0 Å². The van der Waals surface area contributed by atoms with E-state index in [1.807, 2.05) is 0 Å². The third kappa shape index (κ3) is 2.11. The Balaban J connectivity index is 1.84. The van der Waals surface area contributed by atoms with Gasteiger partial charge < -0.3 is 10.5 Å². The number of benzene rings is 1. The van der Waals surface area contributed by atoms with Crippen molar-refractivity contribution in [3.05, 3.63) is 24.3 Å². The Morgan fingerprint density at radius 2 is 2.00 bits per heavy atom. The van der Waals surface area contributed by atoms with Crippen LogP contribution in [0.1, 0.15) is 6.42 Å². The largest absolute Gasteiger partial charge is 0.493 e. The zero-order valence-electron chi connectivity index (χ0n) is 7.24. The Morgan fingerprint density at radius 3 is 2.54 bits per heavy atom. The van der Waals surface area contributed by atoms with Crippen LogP contribution in [0.4, 0.5) is 10.1 Å². The summed E-state index contributed by atoms with van der Waals surface area (Å²) in [6, 6.07) is 7.14. The van der Waals surface area contributed by atoms with Crippen molar-refractivity contribution in [1.82, 2.24) is 0 Å². The molecule has 2 N–H and O–H groups in total. The van der Waals surface area contributed by atoms with Crippen LogP contribution in [-0.2, 0) is 0 Å². The Bertz CT molecular complexity index is 285. The number of alkyl halides is 1. The Labute approximate surface area is 76.5 Å². The van der Waals surface area contributed by atoms with Crippen molar-refractivity contribution in [3.63, 3.8) is 0 Å². The SMILES string of the molecule is Nc1ccc(OC[C@H]2C[C@H]2F)cc1. The Hall–Kier alpha value is -1.25. The van der Waals surface area contributed by atoms with Crippen molar-refractivity contribution in [2.24, 2.45) is 5.92 Å². The molecule has 0 heterocycles. The Morgan fingerprint density at radius 1 is 1.38 bits per heavy atom. The molecule has 70 valence electrons. The van der Waals surface area contributed by atoms with Gasteiger partial charge in [0.25, 0.3) is 0 Å². The molecular weight excluding hydrogens is 169 g/mol. The molecule has 2 atom stereocenters. The predicted octanol–water partition coefficient (Wildman–Crippen LogP) is 2.01. The molecule has 1 aliphatic rings. The highest BCUT2D eigenvalue weighted by Crippen LogP contribution is 2.34. The highest BCUT2D eigenvalue weighted by Gasteiger charge is 2.37. The smallest absolute Gasteiger partial charge is 0.119 e. The van der Waals surface area contributed by atoms with Crippen molar-refractivity contribution in [1.29, 1.82) is 0 Å². The first-order valence-corrected chi connectivity index (χ1v) is 4.38. The van der Waals surface area contributed by atoms with Gasteiger partial charge in [-0.25, -0.2) is 4.39 Å². The Kier molecular flexibility index (Phi) is 2.08. The highest BCUT2D eigenvalue weighted by molar-refractivity contribution is 5.41. The lowest BCUT2D eigenvalue weighted by molar-refractivity contribution is 0.279. The van der Waals surface area contributed by atoms with E-state index in [9.17, 15) is 4.39 Å². The molecule has 13 heavy (non-hydrogen) atoms. The molecule has 1 aromatic carbocycles. The fourth-order valence-corrected chi connectivity index (χ4v) is 1.15. The van der Waals surface area contributed by atoms with Crippen LogP contribution in [0.3, 0.4) is 0 Å². The summed E-state index contributed by atoms with van der Waals surface area (Å²) in [6.07, 6.45) is 0.00314. The number of halogens is 1. The second kappa shape index (κ2) is 3.24. The predicted molar refractivity (Wildman–Crippen MR) is 49.4 cm³/mol. The third-order valence-electron chi connectivity index (χ3n) is 2.18. The van der Waals surface area contributed by atoms with E-state index in [0.29, 0.717) is 18.7 Å². The molecule has 2 nitrogen and oxygen atoms in total. The van der Waals surface area contributed by atoms with Gasteiger partial charge in [0.05, 0.1) is 6.61 Å². The molecule has 0 saturated heterocycles. The number of nitrogens with two attached hydrogens (primary N) is 1. The van der Waals surface area contributed by atoms with E-state index in [1.54, 1.807) is 24.3 Å².